The Morgan fingerprint density at radius 1 is 1.60 bits per heavy atom. The maximum absolute atomic E-state index is 10.9. The molecule has 0 saturated carbocycles. The SMILES string of the molecule is COC1CCC(=O)N1OC. The third kappa shape index (κ3) is 1.12. The molecule has 0 radical (unpaired) electrons. The van der Waals surface area contributed by atoms with Gasteiger partial charge >= 0.3 is 0 Å². The van der Waals surface area contributed by atoms with Crippen LogP contribution in [0.4, 0.5) is 0 Å². The Balaban J connectivity index is 2.54. The van der Waals surface area contributed by atoms with Crippen molar-refractivity contribution in [3.8, 4) is 0 Å². The van der Waals surface area contributed by atoms with E-state index in [0.29, 0.717) is 6.42 Å². The van der Waals surface area contributed by atoms with E-state index in [4.69, 9.17) is 9.57 Å². The van der Waals surface area contributed by atoms with Crippen LogP contribution in [0.5, 0.6) is 0 Å². The second-order valence-corrected chi connectivity index (χ2v) is 2.13. The fraction of sp³-hybridized carbons (Fsp3) is 0.833. The molecule has 0 spiro atoms. The molecule has 1 saturated heterocycles. The first-order valence-electron chi connectivity index (χ1n) is 3.18. The Morgan fingerprint density at radius 3 is 2.70 bits per heavy atom. The van der Waals surface area contributed by atoms with Crippen molar-refractivity contribution in [3.05, 3.63) is 0 Å². The quantitative estimate of drug-likeness (QED) is 0.555. The number of hydrogen-bond donors (Lipinski definition) is 0. The summed E-state index contributed by atoms with van der Waals surface area (Å²) in [6.45, 7) is 0. The zero-order valence-electron chi connectivity index (χ0n) is 6.16. The molecule has 58 valence electrons. The molecular weight excluding hydrogens is 134 g/mol. The second kappa shape index (κ2) is 2.98. The summed E-state index contributed by atoms with van der Waals surface area (Å²) >= 11 is 0. The van der Waals surface area contributed by atoms with Crippen LogP contribution in [-0.2, 0) is 14.4 Å². The van der Waals surface area contributed by atoms with Crippen LogP contribution >= 0.6 is 0 Å². The molecule has 0 N–H and O–H groups in total. The fourth-order valence-electron chi connectivity index (χ4n) is 1.07. The van der Waals surface area contributed by atoms with Gasteiger partial charge in [0.15, 0.2) is 6.23 Å². The lowest BCUT2D eigenvalue weighted by Gasteiger charge is -2.19. The molecular formula is C6H11NO3. The molecule has 1 aliphatic rings. The molecule has 1 rings (SSSR count). The second-order valence-electron chi connectivity index (χ2n) is 2.13. The van der Waals surface area contributed by atoms with Crippen molar-refractivity contribution in [1.29, 1.82) is 0 Å². The highest BCUT2D eigenvalue weighted by Crippen LogP contribution is 2.18. The van der Waals surface area contributed by atoms with Gasteiger partial charge in [-0.2, -0.15) is 5.06 Å². The minimum Gasteiger partial charge on any atom is -0.359 e. The van der Waals surface area contributed by atoms with Gasteiger partial charge in [-0.1, -0.05) is 0 Å². The molecule has 1 aliphatic heterocycles. The summed E-state index contributed by atoms with van der Waals surface area (Å²) in [5, 5.41) is 1.26. The van der Waals surface area contributed by atoms with Gasteiger partial charge in [0.25, 0.3) is 0 Å². The molecule has 0 aliphatic carbocycles. The van der Waals surface area contributed by atoms with E-state index in [9.17, 15) is 4.79 Å². The standard InChI is InChI=1S/C6H11NO3/c1-9-6-4-3-5(8)7(6)10-2/h6H,3-4H2,1-2H3. The lowest BCUT2D eigenvalue weighted by atomic mass is 10.4. The third-order valence-corrected chi connectivity index (χ3v) is 1.58. The van der Waals surface area contributed by atoms with Crippen LogP contribution in [0.15, 0.2) is 0 Å². The van der Waals surface area contributed by atoms with Crippen molar-refractivity contribution in [1.82, 2.24) is 5.06 Å². The van der Waals surface area contributed by atoms with Gasteiger partial charge < -0.3 is 4.74 Å². The molecule has 10 heavy (non-hydrogen) atoms. The Labute approximate surface area is 59.7 Å². The van der Waals surface area contributed by atoms with E-state index in [1.807, 2.05) is 0 Å². The summed E-state index contributed by atoms with van der Waals surface area (Å²) in [6, 6.07) is 0. The minimum absolute atomic E-state index is 0.00523. The highest BCUT2D eigenvalue weighted by Gasteiger charge is 2.30. The molecule has 4 heteroatoms. The summed E-state index contributed by atoms with van der Waals surface area (Å²) < 4.78 is 4.97. The zero-order valence-corrected chi connectivity index (χ0v) is 6.16. The monoisotopic (exact) mass is 145 g/mol. The first-order chi connectivity index (χ1) is 4.79. The molecule has 0 bridgehead atoms. The van der Waals surface area contributed by atoms with E-state index in [0.717, 1.165) is 6.42 Å². The first-order valence-corrected chi connectivity index (χ1v) is 3.18. The molecule has 1 atom stereocenters. The fourth-order valence-corrected chi connectivity index (χ4v) is 1.07. The van der Waals surface area contributed by atoms with E-state index in [-0.39, 0.29) is 12.1 Å². The van der Waals surface area contributed by atoms with Crippen LogP contribution in [0.2, 0.25) is 0 Å². The Bertz CT molecular complexity index is 137. The Morgan fingerprint density at radius 2 is 2.30 bits per heavy atom. The summed E-state index contributed by atoms with van der Waals surface area (Å²) in [6.07, 6.45) is 1.06. The normalized spacial score (nSPS) is 26.0. The molecule has 4 nitrogen and oxygen atoms in total. The number of methoxy groups -OCH3 is 1. The number of nitrogens with zero attached hydrogens (tertiary/aromatic N) is 1. The summed E-state index contributed by atoms with van der Waals surface area (Å²) in [5.74, 6) is -0.00523. The van der Waals surface area contributed by atoms with Crippen molar-refractivity contribution in [2.24, 2.45) is 0 Å². The van der Waals surface area contributed by atoms with Gasteiger partial charge in [0.05, 0.1) is 7.11 Å². The number of amides is 1. The topological polar surface area (TPSA) is 38.8 Å². The molecule has 1 amide bonds. The van der Waals surface area contributed by atoms with Crippen LogP contribution in [0.3, 0.4) is 0 Å². The van der Waals surface area contributed by atoms with Crippen molar-refractivity contribution in [2.75, 3.05) is 14.2 Å². The number of hydroxylamine groups is 2. The number of carbonyl (C=O) groups is 1. The van der Waals surface area contributed by atoms with Crippen molar-refractivity contribution < 1.29 is 14.4 Å². The lowest BCUT2D eigenvalue weighted by molar-refractivity contribution is -0.211. The van der Waals surface area contributed by atoms with Crippen molar-refractivity contribution in [3.63, 3.8) is 0 Å². The smallest absolute Gasteiger partial charge is 0.248 e. The predicted octanol–water partition coefficient (Wildman–Crippen LogP) is 0.143. The van der Waals surface area contributed by atoms with E-state index < -0.39 is 0 Å². The van der Waals surface area contributed by atoms with Gasteiger partial charge in [-0.3, -0.25) is 9.63 Å². The predicted molar refractivity (Wildman–Crippen MR) is 33.9 cm³/mol. The lowest BCUT2D eigenvalue weighted by Crippen LogP contribution is -2.32. The largest absolute Gasteiger partial charge is 0.359 e. The van der Waals surface area contributed by atoms with Crippen LogP contribution in [0.1, 0.15) is 12.8 Å². The number of ether oxygens (including phenoxy) is 1. The number of rotatable bonds is 2. The van der Waals surface area contributed by atoms with Gasteiger partial charge in [0.2, 0.25) is 5.91 Å². The molecule has 0 aromatic carbocycles. The van der Waals surface area contributed by atoms with Gasteiger partial charge in [0, 0.05) is 20.0 Å². The summed E-state index contributed by atoms with van der Waals surface area (Å²) in [7, 11) is 3.03. The van der Waals surface area contributed by atoms with Crippen molar-refractivity contribution in [2.45, 2.75) is 19.1 Å². The molecule has 1 heterocycles. The van der Waals surface area contributed by atoms with Crippen LogP contribution < -0.4 is 0 Å². The van der Waals surface area contributed by atoms with Crippen molar-refractivity contribution >= 4 is 5.91 Å². The molecule has 0 aromatic rings. The Kier molecular flexibility index (Phi) is 2.24. The molecule has 1 unspecified atom stereocenters. The van der Waals surface area contributed by atoms with Gasteiger partial charge in [-0.05, 0) is 0 Å². The molecule has 1 fully saturated rings. The third-order valence-electron chi connectivity index (χ3n) is 1.58. The van der Waals surface area contributed by atoms with E-state index >= 15 is 0 Å². The Hall–Kier alpha value is -0.610. The first kappa shape index (κ1) is 7.50. The average molecular weight is 145 g/mol. The summed E-state index contributed by atoms with van der Waals surface area (Å²) in [4.78, 5) is 15.7. The van der Waals surface area contributed by atoms with Crippen LogP contribution in [0, 0.1) is 0 Å². The zero-order chi connectivity index (χ0) is 7.56. The number of carbonyl (C=O) groups excluding carboxylic acids is 1. The van der Waals surface area contributed by atoms with Gasteiger partial charge in [-0.15, -0.1) is 0 Å². The van der Waals surface area contributed by atoms with E-state index in [1.54, 1.807) is 7.11 Å². The average Bonchev–Trinajstić information content (AvgIpc) is 2.30. The highest BCUT2D eigenvalue weighted by atomic mass is 16.7. The van der Waals surface area contributed by atoms with Crippen LogP contribution in [0.25, 0.3) is 0 Å². The minimum atomic E-state index is -0.183. The maximum Gasteiger partial charge on any atom is 0.248 e. The van der Waals surface area contributed by atoms with Gasteiger partial charge in [0.1, 0.15) is 0 Å². The van der Waals surface area contributed by atoms with Gasteiger partial charge in [-0.25, -0.2) is 0 Å². The van der Waals surface area contributed by atoms with E-state index in [1.165, 1.54) is 12.2 Å². The maximum atomic E-state index is 10.9. The highest BCUT2D eigenvalue weighted by molar-refractivity contribution is 5.77. The number of hydrogen-bond acceptors (Lipinski definition) is 3. The van der Waals surface area contributed by atoms with Crippen LogP contribution in [-0.4, -0.2) is 31.4 Å². The van der Waals surface area contributed by atoms with E-state index in [2.05, 4.69) is 0 Å². The summed E-state index contributed by atoms with van der Waals surface area (Å²) in [5.41, 5.74) is 0. The molecule has 0 aromatic heterocycles.